The standard InChI is InChI=1S/C25H28F3N7O4/c1-13(31-10-15(36)8-25(26,27)28)18(9-29)19-11-32-23(30)22(33-19)20-12-35(2)24(37)21(34-20)14-5-16(38-3)7-17(6-14)39-4/h5-7,9,11-12,15,36H,8,10,29H2,1-4H3,(H2,30,32)/t15-/m0/s1. The van der Waals surface area contributed by atoms with Crippen molar-refractivity contribution < 1.29 is 27.8 Å². The Labute approximate surface area is 221 Å². The third-order valence-corrected chi connectivity index (χ3v) is 5.58. The van der Waals surface area contributed by atoms with Crippen LogP contribution in [0.2, 0.25) is 0 Å². The number of hydrogen-bond acceptors (Lipinski definition) is 10. The summed E-state index contributed by atoms with van der Waals surface area (Å²) in [6, 6.07) is 4.91. The van der Waals surface area contributed by atoms with Crippen LogP contribution in [-0.2, 0) is 7.05 Å². The monoisotopic (exact) mass is 547 g/mol. The molecule has 0 fully saturated rings. The van der Waals surface area contributed by atoms with E-state index in [2.05, 4.69) is 19.9 Å². The third-order valence-electron chi connectivity index (χ3n) is 5.58. The summed E-state index contributed by atoms with van der Waals surface area (Å²) >= 11 is 0. The number of halogens is 3. The van der Waals surface area contributed by atoms with Gasteiger partial charge in [0.2, 0.25) is 0 Å². The van der Waals surface area contributed by atoms with Gasteiger partial charge >= 0.3 is 6.18 Å². The lowest BCUT2D eigenvalue weighted by molar-refractivity contribution is -0.152. The molecular weight excluding hydrogens is 519 g/mol. The van der Waals surface area contributed by atoms with Gasteiger partial charge in [-0.2, -0.15) is 13.2 Å². The second-order valence-electron chi connectivity index (χ2n) is 8.46. The largest absolute Gasteiger partial charge is 0.497 e. The van der Waals surface area contributed by atoms with E-state index >= 15 is 0 Å². The van der Waals surface area contributed by atoms with Crippen LogP contribution in [0.4, 0.5) is 19.0 Å². The topological polar surface area (TPSA) is 164 Å². The quantitative estimate of drug-likeness (QED) is 0.342. The number of aliphatic imine (C=N–C) groups is 1. The Bertz CT molecular complexity index is 1450. The highest BCUT2D eigenvalue weighted by Gasteiger charge is 2.31. The average molecular weight is 548 g/mol. The van der Waals surface area contributed by atoms with E-state index in [-0.39, 0.29) is 39.9 Å². The first kappa shape index (κ1) is 29.1. The fraction of sp³-hybridized carbons (Fsp3) is 0.320. The number of aliphatic hydroxyl groups excluding tert-OH is 1. The highest BCUT2D eigenvalue weighted by Crippen LogP contribution is 2.29. The second-order valence-corrected chi connectivity index (χ2v) is 8.46. The van der Waals surface area contributed by atoms with Gasteiger partial charge in [0.05, 0.1) is 45.2 Å². The van der Waals surface area contributed by atoms with E-state index in [0.29, 0.717) is 17.1 Å². The summed E-state index contributed by atoms with van der Waals surface area (Å²) in [5, 5.41) is 9.65. The first-order valence-electron chi connectivity index (χ1n) is 11.5. The van der Waals surface area contributed by atoms with E-state index < -0.39 is 30.8 Å². The number of aromatic nitrogens is 4. The number of allylic oxidation sites excluding steroid dienone is 1. The minimum Gasteiger partial charge on any atom is -0.497 e. The number of nitrogens with two attached hydrogens (primary N) is 2. The maximum absolute atomic E-state index is 13.0. The van der Waals surface area contributed by atoms with Crippen molar-refractivity contribution in [2.45, 2.75) is 25.6 Å². The lowest BCUT2D eigenvalue weighted by Gasteiger charge is -2.13. The molecule has 1 atom stereocenters. The first-order chi connectivity index (χ1) is 18.4. The van der Waals surface area contributed by atoms with Crippen LogP contribution in [0.3, 0.4) is 0 Å². The Hall–Kier alpha value is -4.46. The van der Waals surface area contributed by atoms with Gasteiger partial charge in [-0.3, -0.25) is 9.79 Å². The molecular formula is C25H28F3N7O4. The molecule has 2 aromatic heterocycles. The van der Waals surface area contributed by atoms with Crippen LogP contribution in [0.15, 0.2) is 46.6 Å². The number of aliphatic hydroxyl groups is 1. The molecule has 0 saturated heterocycles. The van der Waals surface area contributed by atoms with Crippen LogP contribution in [0, 0.1) is 0 Å². The van der Waals surface area contributed by atoms with Crippen LogP contribution in [0.5, 0.6) is 11.5 Å². The van der Waals surface area contributed by atoms with Gasteiger partial charge in [-0.05, 0) is 19.1 Å². The molecule has 208 valence electrons. The van der Waals surface area contributed by atoms with E-state index in [1.807, 2.05) is 0 Å². The number of methoxy groups -OCH3 is 2. The molecule has 14 heteroatoms. The molecule has 0 spiro atoms. The van der Waals surface area contributed by atoms with E-state index in [0.717, 1.165) is 0 Å². The van der Waals surface area contributed by atoms with Gasteiger partial charge in [-0.15, -0.1) is 0 Å². The van der Waals surface area contributed by atoms with Crippen molar-refractivity contribution in [1.29, 1.82) is 0 Å². The van der Waals surface area contributed by atoms with Crippen molar-refractivity contribution in [3.05, 3.63) is 52.8 Å². The molecule has 0 amide bonds. The van der Waals surface area contributed by atoms with Crippen molar-refractivity contribution in [1.82, 2.24) is 19.5 Å². The van der Waals surface area contributed by atoms with Crippen molar-refractivity contribution in [2.24, 2.45) is 17.8 Å². The molecule has 2 heterocycles. The number of nitrogen functional groups attached to an aromatic ring is 1. The molecule has 0 saturated carbocycles. The van der Waals surface area contributed by atoms with Gasteiger partial charge in [-0.1, -0.05) is 0 Å². The fourth-order valence-electron chi connectivity index (χ4n) is 3.62. The zero-order valence-electron chi connectivity index (χ0n) is 21.7. The predicted octanol–water partition coefficient (Wildman–Crippen LogP) is 2.58. The van der Waals surface area contributed by atoms with E-state index in [1.165, 1.54) is 51.4 Å². The Balaban J connectivity index is 2.05. The third kappa shape index (κ3) is 7.10. The van der Waals surface area contributed by atoms with E-state index in [4.69, 9.17) is 20.9 Å². The van der Waals surface area contributed by atoms with Crippen LogP contribution < -0.4 is 26.5 Å². The molecule has 11 nitrogen and oxygen atoms in total. The molecule has 0 radical (unpaired) electrons. The molecule has 3 aromatic rings. The van der Waals surface area contributed by atoms with Crippen LogP contribution >= 0.6 is 0 Å². The number of rotatable bonds is 9. The molecule has 0 aliphatic rings. The molecule has 0 unspecified atom stereocenters. The van der Waals surface area contributed by atoms with Crippen molar-refractivity contribution >= 4 is 17.1 Å². The molecule has 0 bridgehead atoms. The van der Waals surface area contributed by atoms with Gasteiger partial charge in [0.1, 0.15) is 28.6 Å². The molecule has 3 rings (SSSR count). The Morgan fingerprint density at radius 1 is 1.18 bits per heavy atom. The summed E-state index contributed by atoms with van der Waals surface area (Å²) in [6.07, 6.45) is -3.70. The number of anilines is 1. The number of aryl methyl sites for hydroxylation is 1. The molecule has 39 heavy (non-hydrogen) atoms. The lowest BCUT2D eigenvalue weighted by atomic mass is 10.1. The minimum atomic E-state index is -4.52. The average Bonchev–Trinajstić information content (AvgIpc) is 2.88. The predicted molar refractivity (Wildman–Crippen MR) is 140 cm³/mol. The zero-order valence-corrected chi connectivity index (χ0v) is 21.7. The summed E-state index contributed by atoms with van der Waals surface area (Å²) in [7, 11) is 4.50. The molecule has 1 aromatic carbocycles. The SMILES string of the molecule is COc1cc(OC)cc(-c2nc(-c3nc(C(=CN)C(C)=NC[C@@H](O)CC(F)(F)F)cnc3N)cn(C)c2=O)c1. The summed E-state index contributed by atoms with van der Waals surface area (Å²) in [5.74, 6) is 0.908. The van der Waals surface area contributed by atoms with E-state index in [1.54, 1.807) is 18.2 Å². The number of hydrogen-bond donors (Lipinski definition) is 3. The number of nitrogens with zero attached hydrogens (tertiary/aromatic N) is 5. The van der Waals surface area contributed by atoms with Gasteiger partial charge in [0.15, 0.2) is 5.82 Å². The Morgan fingerprint density at radius 2 is 1.82 bits per heavy atom. The highest BCUT2D eigenvalue weighted by molar-refractivity contribution is 6.22. The number of benzene rings is 1. The van der Waals surface area contributed by atoms with Crippen molar-refractivity contribution in [3.63, 3.8) is 0 Å². The minimum absolute atomic E-state index is 0.00522. The maximum atomic E-state index is 13.0. The maximum Gasteiger partial charge on any atom is 0.391 e. The first-order valence-corrected chi connectivity index (χ1v) is 11.5. The molecule has 0 aliphatic carbocycles. The highest BCUT2D eigenvalue weighted by atomic mass is 19.4. The molecule has 5 N–H and O–H groups in total. The molecule has 0 aliphatic heterocycles. The second kappa shape index (κ2) is 11.9. The van der Waals surface area contributed by atoms with Gasteiger partial charge in [0, 0.05) is 42.4 Å². The van der Waals surface area contributed by atoms with Crippen LogP contribution in [-0.4, -0.2) is 63.4 Å². The van der Waals surface area contributed by atoms with Crippen LogP contribution in [0.1, 0.15) is 19.0 Å². The number of alkyl halides is 3. The van der Waals surface area contributed by atoms with Gasteiger partial charge in [0.25, 0.3) is 5.56 Å². The fourth-order valence-corrected chi connectivity index (χ4v) is 3.62. The summed E-state index contributed by atoms with van der Waals surface area (Å²) in [4.78, 5) is 30.2. The smallest absolute Gasteiger partial charge is 0.391 e. The Morgan fingerprint density at radius 3 is 2.38 bits per heavy atom. The lowest BCUT2D eigenvalue weighted by Crippen LogP contribution is -2.22. The van der Waals surface area contributed by atoms with Crippen molar-refractivity contribution in [2.75, 3.05) is 26.5 Å². The summed E-state index contributed by atoms with van der Waals surface area (Å²) in [6.45, 7) is 1.02. The zero-order chi connectivity index (χ0) is 28.9. The summed E-state index contributed by atoms with van der Waals surface area (Å²) in [5.41, 5.74) is 13.0. The van der Waals surface area contributed by atoms with Gasteiger partial charge < -0.3 is 30.6 Å². The number of ether oxygens (including phenoxy) is 2. The van der Waals surface area contributed by atoms with Crippen LogP contribution in [0.25, 0.3) is 28.2 Å². The van der Waals surface area contributed by atoms with Crippen molar-refractivity contribution in [3.8, 4) is 34.1 Å². The van der Waals surface area contributed by atoms with Gasteiger partial charge in [-0.25, -0.2) is 15.0 Å². The normalized spacial score (nSPS) is 13.3. The van der Waals surface area contributed by atoms with E-state index in [9.17, 15) is 23.1 Å². The Kier molecular flexibility index (Phi) is 8.91. The summed E-state index contributed by atoms with van der Waals surface area (Å²) < 4.78 is 49.5.